The zero-order chi connectivity index (χ0) is 14.7. The highest BCUT2D eigenvalue weighted by Gasteiger charge is 2.24. The zero-order valence-corrected chi connectivity index (χ0v) is 13.2. The van der Waals surface area contributed by atoms with Gasteiger partial charge in [-0.25, -0.2) is 0 Å². The molecule has 4 nitrogen and oxygen atoms in total. The van der Waals surface area contributed by atoms with E-state index in [0.717, 1.165) is 32.4 Å². The van der Waals surface area contributed by atoms with Crippen LogP contribution in [-0.4, -0.2) is 33.7 Å². The Bertz CT molecular complexity index is 590. The molecule has 3 rings (SSSR count). The predicted octanol–water partition coefficient (Wildman–Crippen LogP) is 3.05. The van der Waals surface area contributed by atoms with E-state index in [1.165, 1.54) is 11.1 Å². The number of hydrogen-bond acceptors (Lipinski definition) is 3. The molecule has 1 amide bonds. The first-order valence-electron chi connectivity index (χ1n) is 7.52. The average molecular weight is 303 g/mol. The van der Waals surface area contributed by atoms with Gasteiger partial charge in [-0.1, -0.05) is 0 Å². The maximum absolute atomic E-state index is 12.4. The Kier molecular flexibility index (Phi) is 4.39. The molecule has 1 aliphatic heterocycles. The molecule has 2 aromatic heterocycles. The molecule has 1 aliphatic rings. The molecular weight excluding hydrogens is 282 g/mol. The Morgan fingerprint density at radius 2 is 2.43 bits per heavy atom. The van der Waals surface area contributed by atoms with Crippen molar-refractivity contribution in [2.75, 3.05) is 13.1 Å². The van der Waals surface area contributed by atoms with E-state index in [9.17, 15) is 4.79 Å². The lowest BCUT2D eigenvalue weighted by molar-refractivity contribution is -0.132. The highest BCUT2D eigenvalue weighted by Crippen LogP contribution is 2.22. The Labute approximate surface area is 129 Å². The first-order valence-corrected chi connectivity index (χ1v) is 8.46. The van der Waals surface area contributed by atoms with Crippen molar-refractivity contribution >= 4 is 17.2 Å². The van der Waals surface area contributed by atoms with Gasteiger partial charge in [0.1, 0.15) is 0 Å². The minimum Gasteiger partial charge on any atom is -0.341 e. The van der Waals surface area contributed by atoms with Crippen molar-refractivity contribution in [3.8, 4) is 0 Å². The number of rotatable bonds is 4. The van der Waals surface area contributed by atoms with Crippen LogP contribution < -0.4 is 0 Å². The molecule has 0 N–H and O–H groups in total. The summed E-state index contributed by atoms with van der Waals surface area (Å²) in [6.45, 7) is 3.74. The van der Waals surface area contributed by atoms with Crippen molar-refractivity contribution in [3.63, 3.8) is 0 Å². The summed E-state index contributed by atoms with van der Waals surface area (Å²) in [6, 6.07) is 2.43. The molecule has 0 bridgehead atoms. The van der Waals surface area contributed by atoms with Gasteiger partial charge in [0.25, 0.3) is 0 Å². The molecule has 1 fully saturated rings. The van der Waals surface area contributed by atoms with E-state index in [0.29, 0.717) is 12.5 Å². The van der Waals surface area contributed by atoms with Crippen molar-refractivity contribution in [2.24, 2.45) is 0 Å². The van der Waals surface area contributed by atoms with Crippen LogP contribution in [0, 0.1) is 6.92 Å². The van der Waals surface area contributed by atoms with Crippen molar-refractivity contribution in [1.29, 1.82) is 0 Å². The van der Waals surface area contributed by atoms with E-state index in [1.807, 2.05) is 15.8 Å². The largest absolute Gasteiger partial charge is 0.341 e. The van der Waals surface area contributed by atoms with Gasteiger partial charge in [0.15, 0.2) is 0 Å². The number of thiophene rings is 1. The molecule has 0 radical (unpaired) electrons. The molecule has 0 unspecified atom stereocenters. The smallest absolute Gasteiger partial charge is 0.222 e. The van der Waals surface area contributed by atoms with Crippen LogP contribution in [0.1, 0.15) is 36.4 Å². The van der Waals surface area contributed by atoms with Gasteiger partial charge in [-0.2, -0.15) is 16.4 Å². The lowest BCUT2D eigenvalue weighted by Gasteiger charge is -2.33. The van der Waals surface area contributed by atoms with Gasteiger partial charge >= 0.3 is 0 Å². The fourth-order valence-electron chi connectivity index (χ4n) is 2.87. The number of aromatic nitrogens is 2. The molecule has 0 saturated carbocycles. The summed E-state index contributed by atoms with van der Waals surface area (Å²) in [5, 5.41) is 8.59. The van der Waals surface area contributed by atoms with Crippen molar-refractivity contribution in [2.45, 2.75) is 38.6 Å². The quantitative estimate of drug-likeness (QED) is 0.870. The average Bonchev–Trinajstić information content (AvgIpc) is 3.16. The van der Waals surface area contributed by atoms with E-state index in [1.54, 1.807) is 11.3 Å². The highest BCUT2D eigenvalue weighted by molar-refractivity contribution is 7.07. The number of amides is 1. The second-order valence-electron chi connectivity index (χ2n) is 5.77. The molecule has 0 spiro atoms. The third-order valence-corrected chi connectivity index (χ3v) is 4.79. The Morgan fingerprint density at radius 3 is 3.14 bits per heavy atom. The second kappa shape index (κ2) is 6.43. The Hall–Kier alpha value is -1.62. The van der Waals surface area contributed by atoms with Crippen molar-refractivity contribution in [1.82, 2.24) is 14.7 Å². The molecular formula is C16H21N3OS. The zero-order valence-electron chi connectivity index (χ0n) is 12.4. The third-order valence-electron chi connectivity index (χ3n) is 4.06. The van der Waals surface area contributed by atoms with Crippen LogP contribution in [0.25, 0.3) is 0 Å². The van der Waals surface area contributed by atoms with E-state index >= 15 is 0 Å². The first kappa shape index (κ1) is 14.3. The molecule has 2 aromatic rings. The van der Waals surface area contributed by atoms with E-state index in [4.69, 9.17) is 0 Å². The van der Waals surface area contributed by atoms with Gasteiger partial charge < -0.3 is 4.90 Å². The molecule has 5 heteroatoms. The summed E-state index contributed by atoms with van der Waals surface area (Å²) >= 11 is 1.69. The molecule has 1 atom stereocenters. The summed E-state index contributed by atoms with van der Waals surface area (Å²) in [7, 11) is 0. The normalized spacial score (nSPS) is 18.9. The number of carbonyl (C=O) groups is 1. The Morgan fingerprint density at radius 1 is 1.52 bits per heavy atom. The van der Waals surface area contributed by atoms with Crippen LogP contribution in [0.5, 0.6) is 0 Å². The predicted molar refractivity (Wildman–Crippen MR) is 84.5 cm³/mol. The van der Waals surface area contributed by atoms with Crippen LogP contribution in [-0.2, 0) is 11.2 Å². The first-order chi connectivity index (χ1) is 10.2. The second-order valence-corrected chi connectivity index (χ2v) is 6.55. The summed E-state index contributed by atoms with van der Waals surface area (Å²) in [5.74, 6) is 0.273. The number of hydrogen-bond donors (Lipinski definition) is 0. The maximum atomic E-state index is 12.4. The number of nitrogens with zero attached hydrogens (tertiary/aromatic N) is 3. The monoisotopic (exact) mass is 303 g/mol. The van der Waals surface area contributed by atoms with Crippen LogP contribution in [0.15, 0.2) is 29.2 Å². The number of piperidine rings is 1. The molecule has 21 heavy (non-hydrogen) atoms. The fourth-order valence-corrected chi connectivity index (χ4v) is 3.58. The Balaban J connectivity index is 1.56. The molecule has 112 valence electrons. The van der Waals surface area contributed by atoms with Gasteiger partial charge in [0, 0.05) is 25.7 Å². The van der Waals surface area contributed by atoms with Gasteiger partial charge in [0.05, 0.1) is 12.2 Å². The van der Waals surface area contributed by atoms with Crippen LogP contribution in [0.2, 0.25) is 0 Å². The molecule has 0 aromatic carbocycles. The van der Waals surface area contributed by atoms with Crippen LogP contribution >= 0.6 is 11.3 Å². The number of likely N-dealkylation sites (tertiary alicyclic amines) is 1. The van der Waals surface area contributed by atoms with Gasteiger partial charge in [-0.3, -0.25) is 9.48 Å². The minimum absolute atomic E-state index is 0.273. The lowest BCUT2D eigenvalue weighted by atomic mass is 10.0. The molecule has 3 heterocycles. The lowest BCUT2D eigenvalue weighted by Crippen LogP contribution is -2.40. The SMILES string of the molecule is Cc1cnn([C@H]2CCCN(C(=O)CCc3ccsc3)C2)c1. The van der Waals surface area contributed by atoms with E-state index < -0.39 is 0 Å². The van der Waals surface area contributed by atoms with Gasteiger partial charge in [-0.05, 0) is 54.1 Å². The summed E-state index contributed by atoms with van der Waals surface area (Å²) in [5.41, 5.74) is 2.44. The third kappa shape index (κ3) is 3.53. The van der Waals surface area contributed by atoms with Gasteiger partial charge in [-0.15, -0.1) is 0 Å². The summed E-state index contributed by atoms with van der Waals surface area (Å²) < 4.78 is 2.02. The maximum Gasteiger partial charge on any atom is 0.222 e. The fraction of sp³-hybridized carbons (Fsp3) is 0.500. The van der Waals surface area contributed by atoms with E-state index in [-0.39, 0.29) is 5.91 Å². The number of aryl methyl sites for hydroxylation is 2. The standard InChI is InChI=1S/C16H21N3OS/c1-13-9-17-19(10-13)15-3-2-7-18(11-15)16(20)5-4-14-6-8-21-12-14/h6,8-10,12,15H,2-5,7,11H2,1H3/t15-/m0/s1. The molecule has 1 saturated heterocycles. The van der Waals surface area contributed by atoms with Gasteiger partial charge in [0.2, 0.25) is 5.91 Å². The van der Waals surface area contributed by atoms with Crippen molar-refractivity contribution in [3.05, 3.63) is 40.3 Å². The summed E-state index contributed by atoms with van der Waals surface area (Å²) in [4.78, 5) is 14.4. The van der Waals surface area contributed by atoms with Crippen molar-refractivity contribution < 1.29 is 4.79 Å². The summed E-state index contributed by atoms with van der Waals surface area (Å²) in [6.07, 6.45) is 7.59. The highest BCUT2D eigenvalue weighted by atomic mass is 32.1. The van der Waals surface area contributed by atoms with Crippen LogP contribution in [0.4, 0.5) is 0 Å². The molecule has 0 aliphatic carbocycles. The number of carbonyl (C=O) groups excluding carboxylic acids is 1. The minimum atomic E-state index is 0.273. The van der Waals surface area contributed by atoms with E-state index in [2.05, 4.69) is 35.0 Å². The van der Waals surface area contributed by atoms with Crippen LogP contribution in [0.3, 0.4) is 0 Å². The topological polar surface area (TPSA) is 38.1 Å².